The van der Waals surface area contributed by atoms with E-state index in [2.05, 4.69) is 10.9 Å². The SMILES string of the molecule is CCOC(=O)c1ccc(OCC(=O)NNC(=O)CCC(=O)OCCCc2ccccc2)cc1. The lowest BCUT2D eigenvalue weighted by Gasteiger charge is -2.09. The minimum absolute atomic E-state index is 0.0869. The molecule has 2 aromatic rings. The summed E-state index contributed by atoms with van der Waals surface area (Å²) in [7, 11) is 0. The van der Waals surface area contributed by atoms with Gasteiger partial charge in [0.25, 0.3) is 5.91 Å². The number of hydrogen-bond acceptors (Lipinski definition) is 7. The number of rotatable bonds is 12. The number of hydrazine groups is 1. The van der Waals surface area contributed by atoms with Gasteiger partial charge in [0.15, 0.2) is 6.61 Å². The van der Waals surface area contributed by atoms with Crippen LogP contribution in [0.5, 0.6) is 5.75 Å². The van der Waals surface area contributed by atoms with Crippen molar-refractivity contribution in [3.63, 3.8) is 0 Å². The molecule has 0 aliphatic heterocycles. The highest BCUT2D eigenvalue weighted by atomic mass is 16.5. The molecule has 176 valence electrons. The number of aryl methyl sites for hydroxylation is 1. The molecule has 0 spiro atoms. The maximum absolute atomic E-state index is 11.8. The normalized spacial score (nSPS) is 10.1. The third-order valence-electron chi connectivity index (χ3n) is 4.35. The van der Waals surface area contributed by atoms with Gasteiger partial charge in [0.05, 0.1) is 25.2 Å². The van der Waals surface area contributed by atoms with Crippen LogP contribution in [-0.2, 0) is 30.3 Å². The van der Waals surface area contributed by atoms with Crippen molar-refractivity contribution in [2.24, 2.45) is 0 Å². The zero-order valence-electron chi connectivity index (χ0n) is 18.5. The number of carbonyl (C=O) groups excluding carboxylic acids is 4. The molecule has 0 bridgehead atoms. The van der Waals surface area contributed by atoms with Crippen LogP contribution in [0, 0.1) is 0 Å². The second kappa shape index (κ2) is 14.2. The first kappa shape index (κ1) is 25.4. The van der Waals surface area contributed by atoms with Crippen molar-refractivity contribution in [2.75, 3.05) is 19.8 Å². The monoisotopic (exact) mass is 456 g/mol. The van der Waals surface area contributed by atoms with E-state index in [0.717, 1.165) is 6.42 Å². The molecule has 9 heteroatoms. The number of amides is 2. The first-order chi connectivity index (χ1) is 16.0. The van der Waals surface area contributed by atoms with Crippen molar-refractivity contribution in [3.05, 3.63) is 65.7 Å². The van der Waals surface area contributed by atoms with Crippen molar-refractivity contribution in [2.45, 2.75) is 32.6 Å². The van der Waals surface area contributed by atoms with Gasteiger partial charge in [-0.1, -0.05) is 30.3 Å². The van der Waals surface area contributed by atoms with Gasteiger partial charge >= 0.3 is 11.9 Å². The molecule has 9 nitrogen and oxygen atoms in total. The summed E-state index contributed by atoms with van der Waals surface area (Å²) in [6.45, 7) is 1.93. The van der Waals surface area contributed by atoms with E-state index in [-0.39, 0.29) is 32.7 Å². The molecular weight excluding hydrogens is 428 g/mol. The largest absolute Gasteiger partial charge is 0.484 e. The lowest BCUT2D eigenvalue weighted by molar-refractivity contribution is -0.145. The van der Waals surface area contributed by atoms with E-state index in [0.29, 0.717) is 17.7 Å². The van der Waals surface area contributed by atoms with Crippen LogP contribution in [0.4, 0.5) is 0 Å². The van der Waals surface area contributed by atoms with Crippen LogP contribution in [0.1, 0.15) is 42.1 Å². The van der Waals surface area contributed by atoms with E-state index in [1.807, 2.05) is 30.3 Å². The Kier molecular flexibility index (Phi) is 10.9. The smallest absolute Gasteiger partial charge is 0.338 e. The minimum Gasteiger partial charge on any atom is -0.484 e. The summed E-state index contributed by atoms with van der Waals surface area (Å²) in [5.74, 6) is -1.65. The number of benzene rings is 2. The molecule has 0 saturated carbocycles. The summed E-state index contributed by atoms with van der Waals surface area (Å²) in [6.07, 6.45) is 1.30. The van der Waals surface area contributed by atoms with Crippen LogP contribution in [0.2, 0.25) is 0 Å². The second-order valence-corrected chi connectivity index (χ2v) is 6.94. The van der Waals surface area contributed by atoms with E-state index in [9.17, 15) is 19.2 Å². The summed E-state index contributed by atoms with van der Waals surface area (Å²) < 4.78 is 15.3. The summed E-state index contributed by atoms with van der Waals surface area (Å²) in [4.78, 5) is 46.9. The molecule has 0 aliphatic carbocycles. The number of hydrogen-bond donors (Lipinski definition) is 2. The Morgan fingerprint density at radius 2 is 1.52 bits per heavy atom. The van der Waals surface area contributed by atoms with Crippen LogP contribution in [-0.4, -0.2) is 43.6 Å². The highest BCUT2D eigenvalue weighted by Crippen LogP contribution is 2.12. The fourth-order valence-electron chi connectivity index (χ4n) is 2.68. The number of ether oxygens (including phenoxy) is 3. The van der Waals surface area contributed by atoms with Gasteiger partial charge in [0.2, 0.25) is 5.91 Å². The Labute approximate surface area is 192 Å². The molecule has 0 atom stereocenters. The molecule has 2 rings (SSSR count). The molecule has 2 amide bonds. The average molecular weight is 456 g/mol. The van der Waals surface area contributed by atoms with Crippen molar-refractivity contribution < 1.29 is 33.4 Å². The number of esters is 2. The van der Waals surface area contributed by atoms with Gasteiger partial charge < -0.3 is 14.2 Å². The van der Waals surface area contributed by atoms with Crippen LogP contribution in [0.25, 0.3) is 0 Å². The Morgan fingerprint density at radius 3 is 2.21 bits per heavy atom. The van der Waals surface area contributed by atoms with Gasteiger partial charge in [0, 0.05) is 6.42 Å². The molecular formula is C24H28N2O7. The van der Waals surface area contributed by atoms with Gasteiger partial charge in [-0.15, -0.1) is 0 Å². The molecule has 0 radical (unpaired) electrons. The van der Waals surface area contributed by atoms with Crippen LogP contribution in [0.3, 0.4) is 0 Å². The van der Waals surface area contributed by atoms with E-state index in [1.165, 1.54) is 29.8 Å². The van der Waals surface area contributed by atoms with Crippen LogP contribution < -0.4 is 15.6 Å². The third-order valence-corrected chi connectivity index (χ3v) is 4.35. The standard InChI is InChI=1S/C24H28N2O7/c1-2-31-24(30)19-10-12-20(13-11-19)33-17-22(28)26-25-21(27)14-15-23(29)32-16-6-9-18-7-4-3-5-8-18/h3-5,7-8,10-13H,2,6,9,14-17H2,1H3,(H,25,27)(H,26,28). The van der Waals surface area contributed by atoms with E-state index in [4.69, 9.17) is 14.2 Å². The fraction of sp³-hybridized carbons (Fsp3) is 0.333. The van der Waals surface area contributed by atoms with Gasteiger partial charge in [-0.25, -0.2) is 4.79 Å². The minimum atomic E-state index is -0.582. The van der Waals surface area contributed by atoms with E-state index in [1.54, 1.807) is 6.92 Å². The van der Waals surface area contributed by atoms with Gasteiger partial charge in [-0.3, -0.25) is 25.2 Å². The van der Waals surface area contributed by atoms with Crippen LogP contribution in [0.15, 0.2) is 54.6 Å². The lowest BCUT2D eigenvalue weighted by Crippen LogP contribution is -2.43. The van der Waals surface area contributed by atoms with Crippen molar-refractivity contribution in [3.8, 4) is 5.75 Å². The first-order valence-electron chi connectivity index (χ1n) is 10.6. The van der Waals surface area contributed by atoms with Crippen LogP contribution >= 0.6 is 0 Å². The third kappa shape index (κ3) is 10.3. The average Bonchev–Trinajstić information content (AvgIpc) is 2.84. The molecule has 0 aliphatic rings. The van der Waals surface area contributed by atoms with Crippen molar-refractivity contribution in [1.29, 1.82) is 0 Å². The quantitative estimate of drug-likeness (QED) is 0.286. The molecule has 2 aromatic carbocycles. The van der Waals surface area contributed by atoms with Gasteiger partial charge in [-0.2, -0.15) is 0 Å². The highest BCUT2D eigenvalue weighted by Gasteiger charge is 2.10. The maximum Gasteiger partial charge on any atom is 0.338 e. The second-order valence-electron chi connectivity index (χ2n) is 6.94. The summed E-state index contributed by atoms with van der Waals surface area (Å²) in [5, 5.41) is 0. The molecule has 33 heavy (non-hydrogen) atoms. The van der Waals surface area contributed by atoms with Gasteiger partial charge in [0.1, 0.15) is 5.75 Å². The molecule has 0 aromatic heterocycles. The molecule has 0 fully saturated rings. The molecule has 0 unspecified atom stereocenters. The maximum atomic E-state index is 11.8. The van der Waals surface area contributed by atoms with E-state index < -0.39 is 23.8 Å². The van der Waals surface area contributed by atoms with Crippen molar-refractivity contribution >= 4 is 23.8 Å². The Balaban J connectivity index is 1.55. The summed E-state index contributed by atoms with van der Waals surface area (Å²) in [5.41, 5.74) is 5.96. The Hall–Kier alpha value is -3.88. The number of nitrogens with one attached hydrogen (secondary N) is 2. The van der Waals surface area contributed by atoms with E-state index >= 15 is 0 Å². The molecule has 0 saturated heterocycles. The van der Waals surface area contributed by atoms with Crippen molar-refractivity contribution in [1.82, 2.24) is 10.9 Å². The lowest BCUT2D eigenvalue weighted by atomic mass is 10.1. The predicted molar refractivity (Wildman–Crippen MR) is 119 cm³/mol. The fourth-order valence-corrected chi connectivity index (χ4v) is 2.68. The zero-order valence-corrected chi connectivity index (χ0v) is 18.5. The molecule has 2 N–H and O–H groups in total. The topological polar surface area (TPSA) is 120 Å². The van der Waals surface area contributed by atoms with Gasteiger partial charge in [-0.05, 0) is 49.6 Å². The molecule has 0 heterocycles. The Bertz CT molecular complexity index is 914. The zero-order chi connectivity index (χ0) is 23.9. The first-order valence-corrected chi connectivity index (χ1v) is 10.6. The summed E-state index contributed by atoms with van der Waals surface area (Å²) >= 11 is 0. The number of carbonyl (C=O) groups is 4. The predicted octanol–water partition coefficient (Wildman–Crippen LogP) is 2.35. The highest BCUT2D eigenvalue weighted by molar-refractivity contribution is 5.89. The summed E-state index contributed by atoms with van der Waals surface area (Å²) in [6, 6.07) is 16.0. The Morgan fingerprint density at radius 1 is 0.818 bits per heavy atom.